The topological polar surface area (TPSA) is 54.0 Å². The first-order valence-corrected chi connectivity index (χ1v) is 8.00. The van der Waals surface area contributed by atoms with E-state index in [-0.39, 0.29) is 24.3 Å². The Kier molecular flexibility index (Phi) is 6.16. The second-order valence-electron chi connectivity index (χ2n) is 6.37. The lowest BCUT2D eigenvalue weighted by molar-refractivity contribution is -0.155. The lowest BCUT2D eigenvalue weighted by atomic mass is 10.1. The summed E-state index contributed by atoms with van der Waals surface area (Å²) in [6, 6.07) is 10.00. The fourth-order valence-electron chi connectivity index (χ4n) is 2.78. The number of hydrogen-bond donors (Lipinski definition) is 0. The van der Waals surface area contributed by atoms with Crippen LogP contribution in [0.1, 0.15) is 39.7 Å². The minimum atomic E-state index is -0.651. The van der Waals surface area contributed by atoms with Crippen LogP contribution in [0.3, 0.4) is 0 Å². The third kappa shape index (κ3) is 5.94. The van der Waals surface area contributed by atoms with Crippen molar-refractivity contribution in [3.8, 4) is 0 Å². The maximum atomic E-state index is 11.0. The average molecular weight is 322 g/mol. The summed E-state index contributed by atoms with van der Waals surface area (Å²) >= 11 is 0. The first-order chi connectivity index (χ1) is 10.9. The van der Waals surface area contributed by atoms with Gasteiger partial charge in [-0.15, -0.1) is 0 Å². The number of hydrogen-bond acceptors (Lipinski definition) is 5. The van der Waals surface area contributed by atoms with Gasteiger partial charge < -0.3 is 18.9 Å². The minimum Gasteiger partial charge on any atom is -0.463 e. The smallest absolute Gasteiger partial charge is 0.302 e. The van der Waals surface area contributed by atoms with E-state index >= 15 is 0 Å². The number of carbonyl (C=O) groups excluding carboxylic acids is 1. The van der Waals surface area contributed by atoms with Crippen LogP contribution in [0.5, 0.6) is 0 Å². The second kappa shape index (κ2) is 7.90. The van der Waals surface area contributed by atoms with Crippen LogP contribution in [0.15, 0.2) is 30.3 Å². The average Bonchev–Trinajstić information content (AvgIpc) is 2.73. The highest BCUT2D eigenvalue weighted by Gasteiger charge is 2.42. The van der Waals surface area contributed by atoms with Gasteiger partial charge in [0.15, 0.2) is 5.79 Å². The van der Waals surface area contributed by atoms with Crippen molar-refractivity contribution in [3.63, 3.8) is 0 Å². The lowest BCUT2D eigenvalue weighted by Gasteiger charge is -2.20. The summed E-state index contributed by atoms with van der Waals surface area (Å²) in [6.45, 7) is 8.01. The van der Waals surface area contributed by atoms with Gasteiger partial charge in [-0.25, -0.2) is 0 Å². The Bertz CT molecular complexity index is 499. The van der Waals surface area contributed by atoms with Gasteiger partial charge in [0.25, 0.3) is 0 Å². The highest BCUT2D eigenvalue weighted by atomic mass is 16.8. The van der Waals surface area contributed by atoms with Gasteiger partial charge in [-0.3, -0.25) is 4.79 Å². The molecule has 0 saturated carbocycles. The molecule has 2 rings (SSSR count). The maximum Gasteiger partial charge on any atom is 0.302 e. The van der Waals surface area contributed by atoms with E-state index in [0.29, 0.717) is 19.6 Å². The largest absolute Gasteiger partial charge is 0.463 e. The van der Waals surface area contributed by atoms with Crippen molar-refractivity contribution in [3.05, 3.63) is 35.9 Å². The molecule has 1 aromatic carbocycles. The highest BCUT2D eigenvalue weighted by molar-refractivity contribution is 5.66. The van der Waals surface area contributed by atoms with Crippen LogP contribution >= 0.6 is 0 Å². The molecule has 0 N–H and O–H groups in total. The van der Waals surface area contributed by atoms with E-state index in [0.717, 1.165) is 5.56 Å². The Morgan fingerprint density at radius 2 is 1.87 bits per heavy atom. The molecule has 1 aliphatic rings. The maximum absolute atomic E-state index is 11.0. The van der Waals surface area contributed by atoms with Crippen molar-refractivity contribution < 1.29 is 23.7 Å². The van der Waals surface area contributed by atoms with Crippen LogP contribution in [-0.4, -0.2) is 36.7 Å². The molecule has 1 aromatic rings. The van der Waals surface area contributed by atoms with Crippen LogP contribution in [-0.2, 0) is 30.3 Å². The summed E-state index contributed by atoms with van der Waals surface area (Å²) in [6.07, 6.45) is 0.0380. The predicted octanol–water partition coefficient (Wildman–Crippen LogP) is 3.07. The van der Waals surface area contributed by atoms with Gasteiger partial charge in [0.2, 0.25) is 0 Å². The number of benzene rings is 1. The Hall–Kier alpha value is -1.43. The van der Waals surface area contributed by atoms with E-state index in [1.807, 2.05) is 51.1 Å². The Morgan fingerprint density at radius 3 is 2.52 bits per heavy atom. The van der Waals surface area contributed by atoms with Gasteiger partial charge >= 0.3 is 5.97 Å². The molecule has 1 heterocycles. The molecule has 0 spiro atoms. The van der Waals surface area contributed by atoms with Gasteiger partial charge in [0.05, 0.1) is 19.3 Å². The number of ether oxygens (including phenoxy) is 4. The molecule has 0 aromatic heterocycles. The van der Waals surface area contributed by atoms with Crippen LogP contribution in [0.4, 0.5) is 0 Å². The minimum absolute atomic E-state index is 0.157. The van der Waals surface area contributed by atoms with Crippen LogP contribution in [0.25, 0.3) is 0 Å². The molecule has 23 heavy (non-hydrogen) atoms. The van der Waals surface area contributed by atoms with Crippen LogP contribution in [0.2, 0.25) is 0 Å². The van der Waals surface area contributed by atoms with Crippen molar-refractivity contribution in [1.82, 2.24) is 0 Å². The standard InChI is InChI=1S/C18H26O5/c1-13(21-14(2)19)10-16-17(23-18(3,4)22-16)12-20-11-15-8-6-5-7-9-15/h5-9,13,16-17H,10-12H2,1-4H3. The first kappa shape index (κ1) is 17.9. The summed E-state index contributed by atoms with van der Waals surface area (Å²) in [5.41, 5.74) is 1.12. The molecular weight excluding hydrogens is 296 g/mol. The van der Waals surface area contributed by atoms with Crippen molar-refractivity contribution in [2.45, 2.75) is 64.8 Å². The summed E-state index contributed by atoms with van der Waals surface area (Å²) < 4.78 is 22.8. The second-order valence-corrected chi connectivity index (χ2v) is 6.37. The van der Waals surface area contributed by atoms with E-state index in [1.54, 1.807) is 0 Å². The molecule has 1 aliphatic heterocycles. The monoisotopic (exact) mass is 322 g/mol. The third-order valence-corrected chi connectivity index (χ3v) is 3.61. The van der Waals surface area contributed by atoms with E-state index in [4.69, 9.17) is 18.9 Å². The Labute approximate surface area is 137 Å². The van der Waals surface area contributed by atoms with E-state index in [9.17, 15) is 4.79 Å². The fourth-order valence-corrected chi connectivity index (χ4v) is 2.78. The molecular formula is C18H26O5. The molecule has 3 unspecified atom stereocenters. The quantitative estimate of drug-likeness (QED) is 0.722. The normalized spacial score (nSPS) is 24.3. The van der Waals surface area contributed by atoms with E-state index in [2.05, 4.69) is 0 Å². The van der Waals surface area contributed by atoms with Gasteiger partial charge in [0, 0.05) is 13.3 Å². The molecule has 128 valence electrons. The Balaban J connectivity index is 1.85. The fraction of sp³-hybridized carbons (Fsp3) is 0.611. The summed E-state index contributed by atoms with van der Waals surface area (Å²) in [7, 11) is 0. The van der Waals surface area contributed by atoms with Crippen LogP contribution < -0.4 is 0 Å². The molecule has 0 amide bonds. The van der Waals surface area contributed by atoms with Crippen molar-refractivity contribution in [2.24, 2.45) is 0 Å². The van der Waals surface area contributed by atoms with Crippen molar-refractivity contribution in [2.75, 3.05) is 6.61 Å². The zero-order chi connectivity index (χ0) is 16.9. The third-order valence-electron chi connectivity index (χ3n) is 3.61. The molecule has 5 heteroatoms. The molecule has 3 atom stereocenters. The predicted molar refractivity (Wildman–Crippen MR) is 85.8 cm³/mol. The molecule has 1 saturated heterocycles. The molecule has 1 fully saturated rings. The Morgan fingerprint density at radius 1 is 1.22 bits per heavy atom. The zero-order valence-electron chi connectivity index (χ0n) is 14.3. The lowest BCUT2D eigenvalue weighted by Crippen LogP contribution is -2.31. The summed E-state index contributed by atoms with van der Waals surface area (Å²) in [5, 5.41) is 0. The van der Waals surface area contributed by atoms with Crippen molar-refractivity contribution >= 4 is 5.97 Å². The molecule has 0 aliphatic carbocycles. The van der Waals surface area contributed by atoms with E-state index < -0.39 is 5.79 Å². The summed E-state index contributed by atoms with van der Waals surface area (Å²) in [5.74, 6) is -0.936. The summed E-state index contributed by atoms with van der Waals surface area (Å²) in [4.78, 5) is 11.0. The van der Waals surface area contributed by atoms with Gasteiger partial charge in [-0.1, -0.05) is 30.3 Å². The molecule has 0 radical (unpaired) electrons. The van der Waals surface area contributed by atoms with Gasteiger partial charge in [-0.2, -0.15) is 0 Å². The molecule has 5 nitrogen and oxygen atoms in total. The SMILES string of the molecule is CC(=O)OC(C)CC1OC(C)(C)OC1COCc1ccccc1. The molecule has 0 bridgehead atoms. The number of esters is 1. The highest BCUT2D eigenvalue weighted by Crippen LogP contribution is 2.31. The number of rotatable bonds is 7. The van der Waals surface area contributed by atoms with Crippen LogP contribution in [0, 0.1) is 0 Å². The zero-order valence-corrected chi connectivity index (χ0v) is 14.3. The van der Waals surface area contributed by atoms with Gasteiger partial charge in [0.1, 0.15) is 12.2 Å². The first-order valence-electron chi connectivity index (χ1n) is 8.00. The number of carbonyl (C=O) groups is 1. The van der Waals surface area contributed by atoms with Crippen molar-refractivity contribution in [1.29, 1.82) is 0 Å². The van der Waals surface area contributed by atoms with E-state index in [1.165, 1.54) is 6.92 Å². The van der Waals surface area contributed by atoms with Gasteiger partial charge in [-0.05, 0) is 26.3 Å².